The summed E-state index contributed by atoms with van der Waals surface area (Å²) in [6.45, 7) is 3.49. The molecule has 2 aromatic heterocycles. The molecule has 4 aromatic rings. The lowest BCUT2D eigenvalue weighted by Crippen LogP contribution is -2.16. The molecular weight excluding hydrogens is 408 g/mol. The number of furan rings is 1. The second-order valence-corrected chi connectivity index (χ2v) is 6.83. The Morgan fingerprint density at radius 2 is 1.87 bits per heavy atom. The van der Waals surface area contributed by atoms with E-state index in [-0.39, 0.29) is 23.6 Å². The number of halogens is 1. The van der Waals surface area contributed by atoms with Gasteiger partial charge in [-0.3, -0.25) is 4.79 Å². The van der Waals surface area contributed by atoms with Gasteiger partial charge in [0.2, 0.25) is 5.76 Å². The van der Waals surface area contributed by atoms with Gasteiger partial charge in [0.25, 0.3) is 5.91 Å². The van der Waals surface area contributed by atoms with Gasteiger partial charge in [0.05, 0.1) is 11.6 Å². The lowest BCUT2D eigenvalue weighted by molar-refractivity contribution is 0.0494. The van der Waals surface area contributed by atoms with E-state index >= 15 is 0 Å². The number of hydrogen-bond acceptors (Lipinski definition) is 6. The molecule has 0 radical (unpaired) electrons. The number of esters is 1. The van der Waals surface area contributed by atoms with E-state index in [9.17, 15) is 9.59 Å². The normalized spacial score (nSPS) is 10.9. The molecule has 0 atom stereocenters. The van der Waals surface area contributed by atoms with Crippen LogP contribution in [0.4, 0.5) is 5.69 Å². The third kappa shape index (κ3) is 3.44. The number of benzene rings is 2. The number of ether oxygens (including phenoxy) is 1. The summed E-state index contributed by atoms with van der Waals surface area (Å²) in [5, 5.41) is 7.78. The van der Waals surface area contributed by atoms with Crippen molar-refractivity contribution in [3.8, 4) is 11.3 Å². The monoisotopic (exact) mass is 424 g/mol. The van der Waals surface area contributed by atoms with Crippen LogP contribution in [0.15, 0.2) is 57.5 Å². The molecule has 0 aliphatic carbocycles. The number of carbonyl (C=O) groups is 2. The molecule has 7 nitrogen and oxygen atoms in total. The maximum absolute atomic E-state index is 13.2. The predicted molar refractivity (Wildman–Crippen MR) is 112 cm³/mol. The van der Waals surface area contributed by atoms with E-state index in [1.807, 2.05) is 0 Å². The predicted octanol–water partition coefficient (Wildman–Crippen LogP) is 5.48. The Hall–Kier alpha value is -3.58. The third-order valence-corrected chi connectivity index (χ3v) is 4.84. The minimum Gasteiger partial charge on any atom is -0.460 e. The Bertz CT molecular complexity index is 1260. The Kier molecular flexibility index (Phi) is 5.29. The van der Waals surface area contributed by atoms with Crippen molar-refractivity contribution in [3.63, 3.8) is 0 Å². The highest BCUT2D eigenvalue weighted by atomic mass is 35.5. The Morgan fingerprint density at radius 3 is 2.63 bits per heavy atom. The van der Waals surface area contributed by atoms with Crippen LogP contribution in [0.5, 0.6) is 0 Å². The van der Waals surface area contributed by atoms with Gasteiger partial charge in [-0.1, -0.05) is 47.1 Å². The second kappa shape index (κ2) is 8.04. The van der Waals surface area contributed by atoms with Crippen LogP contribution in [0.3, 0.4) is 0 Å². The smallest absolute Gasteiger partial charge is 0.376 e. The fourth-order valence-electron chi connectivity index (χ4n) is 3.16. The number of fused-ring (bicyclic) bond motifs is 1. The molecule has 152 valence electrons. The SMILES string of the molecule is CCOC(=O)c1oc2ccccc2c1NC(=O)c1c(-c2ccccc2Cl)noc1C. The molecule has 1 N–H and O–H groups in total. The van der Waals surface area contributed by atoms with Gasteiger partial charge in [-0.2, -0.15) is 0 Å². The Morgan fingerprint density at radius 1 is 1.13 bits per heavy atom. The Balaban J connectivity index is 1.78. The zero-order valence-corrected chi connectivity index (χ0v) is 16.9. The van der Waals surface area contributed by atoms with Crippen LogP contribution in [0, 0.1) is 6.92 Å². The molecule has 2 heterocycles. The van der Waals surface area contributed by atoms with Gasteiger partial charge in [-0.25, -0.2) is 4.79 Å². The maximum Gasteiger partial charge on any atom is 0.376 e. The summed E-state index contributed by atoms with van der Waals surface area (Å²) < 4.78 is 16.0. The molecule has 2 aromatic carbocycles. The summed E-state index contributed by atoms with van der Waals surface area (Å²) in [7, 11) is 0. The zero-order valence-electron chi connectivity index (χ0n) is 16.2. The molecule has 0 fully saturated rings. The number of hydrogen-bond donors (Lipinski definition) is 1. The van der Waals surface area contributed by atoms with Crippen LogP contribution in [-0.2, 0) is 4.74 Å². The first-order valence-electron chi connectivity index (χ1n) is 9.22. The topological polar surface area (TPSA) is 94.6 Å². The van der Waals surface area contributed by atoms with Gasteiger partial charge < -0.3 is 19.0 Å². The molecule has 4 rings (SSSR count). The number of nitrogens with zero attached hydrogens (tertiary/aromatic N) is 1. The number of rotatable bonds is 5. The van der Waals surface area contributed by atoms with Crippen LogP contribution in [0.2, 0.25) is 5.02 Å². The van der Waals surface area contributed by atoms with Crippen molar-refractivity contribution in [2.75, 3.05) is 11.9 Å². The molecule has 30 heavy (non-hydrogen) atoms. The summed E-state index contributed by atoms with van der Waals surface area (Å²) >= 11 is 6.28. The molecule has 0 bridgehead atoms. The van der Waals surface area contributed by atoms with Crippen molar-refractivity contribution in [3.05, 3.63) is 70.6 Å². The highest BCUT2D eigenvalue weighted by Gasteiger charge is 2.27. The molecule has 0 aliphatic heterocycles. The minimum absolute atomic E-state index is 0.0835. The van der Waals surface area contributed by atoms with Gasteiger partial charge >= 0.3 is 5.97 Å². The number of amides is 1. The molecular formula is C22H17ClN2O5. The molecule has 8 heteroatoms. The van der Waals surface area contributed by atoms with Gasteiger partial charge in [-0.05, 0) is 32.0 Å². The summed E-state index contributed by atoms with van der Waals surface area (Å²) in [5.41, 5.74) is 1.75. The third-order valence-electron chi connectivity index (χ3n) is 4.51. The van der Waals surface area contributed by atoms with E-state index < -0.39 is 11.9 Å². The van der Waals surface area contributed by atoms with E-state index in [1.54, 1.807) is 62.4 Å². The van der Waals surface area contributed by atoms with Crippen molar-refractivity contribution < 1.29 is 23.3 Å². The van der Waals surface area contributed by atoms with Crippen molar-refractivity contribution in [1.29, 1.82) is 0 Å². The average molecular weight is 425 g/mol. The second-order valence-electron chi connectivity index (χ2n) is 6.42. The van der Waals surface area contributed by atoms with Gasteiger partial charge in [0.1, 0.15) is 28.3 Å². The van der Waals surface area contributed by atoms with Crippen LogP contribution in [-0.4, -0.2) is 23.6 Å². The molecule has 0 aliphatic rings. The lowest BCUT2D eigenvalue weighted by Gasteiger charge is -2.07. The van der Waals surface area contributed by atoms with Crippen LogP contribution < -0.4 is 5.32 Å². The number of carbonyl (C=O) groups excluding carboxylic acids is 2. The van der Waals surface area contributed by atoms with E-state index in [1.165, 1.54) is 0 Å². The fourth-order valence-corrected chi connectivity index (χ4v) is 3.39. The zero-order chi connectivity index (χ0) is 21.3. The molecule has 1 amide bonds. The largest absolute Gasteiger partial charge is 0.460 e. The molecule has 0 saturated heterocycles. The number of aryl methyl sites for hydroxylation is 1. The number of aromatic nitrogens is 1. The number of para-hydroxylation sites is 1. The van der Waals surface area contributed by atoms with Gasteiger partial charge in [0.15, 0.2) is 0 Å². The highest BCUT2D eigenvalue weighted by molar-refractivity contribution is 6.33. The Labute approximate surface area is 176 Å². The van der Waals surface area contributed by atoms with Gasteiger partial charge in [-0.15, -0.1) is 0 Å². The first-order chi connectivity index (χ1) is 14.5. The summed E-state index contributed by atoms with van der Waals surface area (Å²) in [5.74, 6) is -0.953. The minimum atomic E-state index is -0.669. The van der Waals surface area contributed by atoms with E-state index in [0.717, 1.165) is 0 Å². The van der Waals surface area contributed by atoms with Crippen LogP contribution >= 0.6 is 11.6 Å². The fraction of sp³-hybridized carbons (Fsp3) is 0.136. The highest BCUT2D eigenvalue weighted by Crippen LogP contribution is 2.34. The van der Waals surface area contributed by atoms with Crippen molar-refractivity contribution in [2.24, 2.45) is 0 Å². The molecule has 0 spiro atoms. The van der Waals surface area contributed by atoms with Crippen LogP contribution in [0.25, 0.3) is 22.2 Å². The van der Waals surface area contributed by atoms with Crippen molar-refractivity contribution >= 4 is 40.1 Å². The first kappa shape index (κ1) is 19.7. The number of nitrogens with one attached hydrogen (secondary N) is 1. The van der Waals surface area contributed by atoms with Gasteiger partial charge in [0, 0.05) is 10.9 Å². The summed E-state index contributed by atoms with van der Waals surface area (Å²) in [6, 6.07) is 14.0. The number of anilines is 1. The quantitative estimate of drug-likeness (QED) is 0.426. The van der Waals surface area contributed by atoms with E-state index in [4.69, 9.17) is 25.3 Å². The lowest BCUT2D eigenvalue weighted by atomic mass is 10.1. The van der Waals surface area contributed by atoms with E-state index in [2.05, 4.69) is 10.5 Å². The molecule has 0 unspecified atom stereocenters. The summed E-state index contributed by atoms with van der Waals surface area (Å²) in [6.07, 6.45) is 0. The maximum atomic E-state index is 13.2. The van der Waals surface area contributed by atoms with Crippen molar-refractivity contribution in [2.45, 2.75) is 13.8 Å². The molecule has 0 saturated carbocycles. The van der Waals surface area contributed by atoms with E-state index in [0.29, 0.717) is 33.0 Å². The van der Waals surface area contributed by atoms with Crippen LogP contribution in [0.1, 0.15) is 33.6 Å². The first-order valence-corrected chi connectivity index (χ1v) is 9.60. The average Bonchev–Trinajstić information content (AvgIpc) is 3.29. The summed E-state index contributed by atoms with van der Waals surface area (Å²) in [4.78, 5) is 25.6. The van der Waals surface area contributed by atoms with Crippen molar-refractivity contribution in [1.82, 2.24) is 5.16 Å². The standard InChI is InChI=1S/C22H17ClN2O5/c1-3-28-22(27)20-19(14-9-5-7-11-16(14)29-20)24-21(26)17-12(2)30-25-18(17)13-8-4-6-10-15(13)23/h4-11H,3H2,1-2H3,(H,24,26).